The van der Waals surface area contributed by atoms with Crippen molar-refractivity contribution in [3.8, 4) is 45.3 Å². The Labute approximate surface area is 288 Å². The topological polar surface area (TPSA) is 38.7 Å². The number of aromatic nitrogens is 3. The van der Waals surface area contributed by atoms with Crippen LogP contribution in [0.5, 0.6) is 0 Å². The molecule has 10 rings (SSSR count). The van der Waals surface area contributed by atoms with E-state index >= 15 is 0 Å². The van der Waals surface area contributed by atoms with E-state index in [0.29, 0.717) is 32.0 Å². The second-order valence-corrected chi connectivity index (χ2v) is 14.7. The van der Waals surface area contributed by atoms with E-state index in [2.05, 4.69) is 140 Å². The molecule has 0 fully saturated rings. The van der Waals surface area contributed by atoms with Gasteiger partial charge in [-0.15, -0.1) is 0 Å². The molecule has 0 N–H and O–H groups in total. The van der Waals surface area contributed by atoms with Crippen molar-refractivity contribution < 1.29 is 0 Å². The summed E-state index contributed by atoms with van der Waals surface area (Å²) in [5, 5.41) is 10.4. The van der Waals surface area contributed by atoms with Crippen molar-refractivity contribution in [2.45, 2.75) is 0 Å². The Morgan fingerprint density at radius 2 is 0.816 bits per heavy atom. The van der Waals surface area contributed by atoms with E-state index in [-0.39, 0.29) is 0 Å². The molecule has 0 unspecified atom stereocenters. The summed E-state index contributed by atoms with van der Waals surface area (Å²) >= 11 is 0.313. The van der Waals surface area contributed by atoms with E-state index in [0.717, 1.165) is 27.8 Å². The number of hydrogen-bond donors (Lipinski definition) is 0. The number of rotatable bonds is 4. The van der Waals surface area contributed by atoms with Crippen molar-refractivity contribution in [2.24, 2.45) is 0 Å². The third-order valence-electron chi connectivity index (χ3n) is 9.49. The van der Waals surface area contributed by atoms with E-state index in [9.17, 15) is 0 Å². The van der Waals surface area contributed by atoms with Crippen LogP contribution in [0, 0.1) is 0 Å². The molecule has 0 aliphatic carbocycles. The molecule has 2 aromatic heterocycles. The van der Waals surface area contributed by atoms with Gasteiger partial charge < -0.3 is 0 Å². The summed E-state index contributed by atoms with van der Waals surface area (Å²) in [4.78, 5) is 15.2. The fraction of sp³-hybridized carbons (Fsp3) is 0. The minimum atomic E-state index is 0.313. The first-order valence-electron chi connectivity index (χ1n) is 16.4. The molecule has 0 saturated heterocycles. The van der Waals surface area contributed by atoms with Gasteiger partial charge in [-0.25, -0.2) is 0 Å². The van der Waals surface area contributed by atoms with Gasteiger partial charge in [0, 0.05) is 0 Å². The summed E-state index contributed by atoms with van der Waals surface area (Å²) in [6, 6.07) is 58.3. The normalized spacial score (nSPS) is 11.7. The van der Waals surface area contributed by atoms with Gasteiger partial charge in [-0.3, -0.25) is 0 Å². The van der Waals surface area contributed by atoms with Crippen LogP contribution >= 0.6 is 0 Å². The summed E-state index contributed by atoms with van der Waals surface area (Å²) in [7, 11) is 0. The van der Waals surface area contributed by atoms with Gasteiger partial charge in [0.2, 0.25) is 0 Å². The van der Waals surface area contributed by atoms with E-state index in [1.54, 1.807) is 0 Å². The van der Waals surface area contributed by atoms with E-state index < -0.39 is 0 Å². The Hall–Kier alpha value is -5.93. The molecule has 0 amide bonds. The average molecular weight is 689 g/mol. The zero-order valence-electron chi connectivity index (χ0n) is 26.3. The quantitative estimate of drug-likeness (QED) is 0.136. The summed E-state index contributed by atoms with van der Waals surface area (Å²) in [5.74, 6) is 1.97. The Bertz CT molecular complexity index is 2860. The Morgan fingerprint density at radius 1 is 0.286 bits per heavy atom. The van der Waals surface area contributed by atoms with Crippen molar-refractivity contribution in [3.05, 3.63) is 164 Å². The van der Waals surface area contributed by atoms with Gasteiger partial charge in [-0.2, -0.15) is 0 Å². The zero-order valence-corrected chi connectivity index (χ0v) is 28.1. The molecule has 0 saturated carbocycles. The number of nitrogens with zero attached hydrogens (tertiary/aromatic N) is 3. The minimum Gasteiger partial charge on any atom is -0.0617 e. The molecule has 0 spiro atoms. The second kappa shape index (κ2) is 11.3. The second-order valence-electron chi connectivity index (χ2n) is 12.4. The SMILES string of the molecule is c1ccc(-c2cccc(-c3nc(-c4ccccc4)nc(-c4ccc5c(c4)c4ccccc4c4c5ccc5[se]c6ccccc6c54)n3)c2)cc1. The van der Waals surface area contributed by atoms with Crippen LogP contribution < -0.4 is 0 Å². The minimum absolute atomic E-state index is 0.313. The summed E-state index contributed by atoms with van der Waals surface area (Å²) in [5.41, 5.74) is 5.16. The molecule has 49 heavy (non-hydrogen) atoms. The van der Waals surface area contributed by atoms with Gasteiger partial charge in [0.25, 0.3) is 0 Å². The first kappa shape index (κ1) is 28.1. The maximum Gasteiger partial charge on any atom is -0.0433 e. The molecule has 0 atom stereocenters. The van der Waals surface area contributed by atoms with Crippen molar-refractivity contribution in [1.82, 2.24) is 15.0 Å². The number of benzene rings is 8. The molecule has 4 heteroatoms. The maximum atomic E-state index is 5.14. The van der Waals surface area contributed by atoms with Crippen LogP contribution in [-0.2, 0) is 0 Å². The van der Waals surface area contributed by atoms with Crippen molar-refractivity contribution in [2.75, 3.05) is 0 Å². The smallest absolute Gasteiger partial charge is 0.0433 e. The summed E-state index contributed by atoms with van der Waals surface area (Å²) in [6.07, 6.45) is 0. The molecule has 0 bridgehead atoms. The predicted octanol–water partition coefficient (Wildman–Crippen LogP) is 11.4. The van der Waals surface area contributed by atoms with Crippen molar-refractivity contribution in [3.63, 3.8) is 0 Å². The standard InChI is InChI=1S/C45H27N3Se/c1-3-12-28(13-4-1)30-16-11-17-31(26-30)44-46-43(29-14-5-2-6-15-29)47-45(48-44)32-22-23-34-36-24-25-40-42(37-20-9-10-21-39(37)49-40)41(36)35-19-8-7-18-33(35)38(34)27-32/h1-27H. The molecule has 228 valence electrons. The van der Waals surface area contributed by atoms with E-state index in [1.165, 1.54) is 51.6 Å². The molecular weight excluding hydrogens is 661 g/mol. The average Bonchev–Trinajstić information content (AvgIpc) is 3.57. The fourth-order valence-corrected chi connectivity index (χ4v) is 9.55. The van der Waals surface area contributed by atoms with Crippen molar-refractivity contribution in [1.29, 1.82) is 0 Å². The van der Waals surface area contributed by atoms with Crippen LogP contribution in [-0.4, -0.2) is 29.5 Å². The van der Waals surface area contributed by atoms with Gasteiger partial charge in [0.1, 0.15) is 0 Å². The van der Waals surface area contributed by atoms with Crippen molar-refractivity contribution >= 4 is 66.1 Å². The summed E-state index contributed by atoms with van der Waals surface area (Å²) < 4.78 is 2.93. The molecule has 0 aliphatic heterocycles. The first-order valence-corrected chi connectivity index (χ1v) is 18.2. The fourth-order valence-electron chi connectivity index (χ4n) is 7.22. The third-order valence-corrected chi connectivity index (χ3v) is 11.9. The van der Waals surface area contributed by atoms with E-state index in [4.69, 9.17) is 15.0 Å². The Morgan fingerprint density at radius 3 is 1.59 bits per heavy atom. The van der Waals surface area contributed by atoms with Gasteiger partial charge in [0.05, 0.1) is 0 Å². The van der Waals surface area contributed by atoms with Crippen LogP contribution in [0.25, 0.3) is 96.9 Å². The first-order chi connectivity index (χ1) is 24.3. The van der Waals surface area contributed by atoms with E-state index in [1.807, 2.05) is 24.3 Å². The van der Waals surface area contributed by atoms with Gasteiger partial charge in [-0.1, -0.05) is 78.9 Å². The monoisotopic (exact) mass is 689 g/mol. The predicted molar refractivity (Wildman–Crippen MR) is 206 cm³/mol. The molecule has 2 heterocycles. The third kappa shape index (κ3) is 4.69. The van der Waals surface area contributed by atoms with Crippen LogP contribution in [0.3, 0.4) is 0 Å². The molecule has 0 radical (unpaired) electrons. The van der Waals surface area contributed by atoms with Gasteiger partial charge in [-0.05, 0) is 17.2 Å². The summed E-state index contributed by atoms with van der Waals surface area (Å²) in [6.45, 7) is 0. The molecular formula is C45H27N3Se. The molecule has 10 aromatic rings. The Balaban J connectivity index is 1.21. The van der Waals surface area contributed by atoms with Crippen LogP contribution in [0.15, 0.2) is 164 Å². The molecule has 3 nitrogen and oxygen atoms in total. The van der Waals surface area contributed by atoms with Crippen LogP contribution in [0.4, 0.5) is 0 Å². The van der Waals surface area contributed by atoms with Crippen LogP contribution in [0.2, 0.25) is 0 Å². The maximum absolute atomic E-state index is 5.14. The number of hydrogen-bond acceptors (Lipinski definition) is 3. The molecule has 8 aromatic carbocycles. The van der Waals surface area contributed by atoms with Crippen LogP contribution in [0.1, 0.15) is 0 Å². The largest absolute Gasteiger partial charge is 0.0617 e. The number of fused-ring (bicyclic) bond motifs is 10. The van der Waals surface area contributed by atoms with Gasteiger partial charge in [0.15, 0.2) is 0 Å². The van der Waals surface area contributed by atoms with Gasteiger partial charge >= 0.3 is 194 Å². The Kier molecular flexibility index (Phi) is 6.51. The molecule has 0 aliphatic rings. The zero-order chi connectivity index (χ0) is 32.3.